The predicted octanol–water partition coefficient (Wildman–Crippen LogP) is 3.21. The van der Waals surface area contributed by atoms with Crippen LogP contribution in [0.15, 0.2) is 48.5 Å². The van der Waals surface area contributed by atoms with Crippen LogP contribution in [-0.2, 0) is 17.9 Å². The van der Waals surface area contributed by atoms with Crippen LogP contribution < -0.4 is 5.32 Å². The van der Waals surface area contributed by atoms with Gasteiger partial charge in [0, 0.05) is 13.1 Å². The Morgan fingerprint density at radius 3 is 2.96 bits per heavy atom. The van der Waals surface area contributed by atoms with Crippen molar-refractivity contribution in [3.63, 3.8) is 0 Å². The molecule has 0 fully saturated rings. The summed E-state index contributed by atoms with van der Waals surface area (Å²) in [5.41, 5.74) is 4.82. The predicted molar refractivity (Wildman–Crippen MR) is 91.3 cm³/mol. The first-order valence-electron chi connectivity index (χ1n) is 8.11. The highest BCUT2D eigenvalue weighted by Crippen LogP contribution is 2.26. The van der Waals surface area contributed by atoms with E-state index in [1.54, 1.807) is 0 Å². The van der Waals surface area contributed by atoms with Crippen LogP contribution >= 0.6 is 0 Å². The van der Waals surface area contributed by atoms with Crippen molar-refractivity contribution >= 4 is 11.0 Å². The number of aryl methyl sites for hydroxylation is 1. The van der Waals surface area contributed by atoms with Crippen molar-refractivity contribution in [2.24, 2.45) is 0 Å². The summed E-state index contributed by atoms with van der Waals surface area (Å²) in [6.07, 6.45) is 0. The fourth-order valence-electron chi connectivity index (χ4n) is 3.26. The fraction of sp³-hybridized carbons (Fsp3) is 0.316. The molecule has 0 spiro atoms. The van der Waals surface area contributed by atoms with E-state index in [1.165, 1.54) is 16.6 Å². The fourth-order valence-corrected chi connectivity index (χ4v) is 3.26. The zero-order valence-electron chi connectivity index (χ0n) is 13.3. The first-order valence-corrected chi connectivity index (χ1v) is 8.11. The third-order valence-electron chi connectivity index (χ3n) is 4.38. The number of rotatable bonds is 4. The molecule has 1 aromatic heterocycles. The van der Waals surface area contributed by atoms with E-state index in [-0.39, 0.29) is 6.04 Å². The third kappa shape index (κ3) is 2.87. The van der Waals surface area contributed by atoms with E-state index >= 15 is 0 Å². The molecular weight excluding hydrogens is 286 g/mol. The van der Waals surface area contributed by atoms with Gasteiger partial charge < -0.3 is 14.6 Å². The minimum atomic E-state index is 0.287. The number of hydrogen-bond donors (Lipinski definition) is 1. The molecule has 1 aliphatic heterocycles. The zero-order valence-corrected chi connectivity index (χ0v) is 13.3. The van der Waals surface area contributed by atoms with Gasteiger partial charge in [-0.2, -0.15) is 0 Å². The summed E-state index contributed by atoms with van der Waals surface area (Å²) in [5.74, 6) is 1.03. The SMILES string of the molecule is Cc1ccc2c(c1)nc1n2[C@@H](CNCc2ccccc2)COC1. The summed E-state index contributed by atoms with van der Waals surface area (Å²) < 4.78 is 8.09. The summed E-state index contributed by atoms with van der Waals surface area (Å²) in [6.45, 7) is 5.18. The van der Waals surface area contributed by atoms with Gasteiger partial charge in [0.15, 0.2) is 0 Å². The summed E-state index contributed by atoms with van der Waals surface area (Å²) >= 11 is 0. The van der Waals surface area contributed by atoms with Crippen molar-refractivity contribution in [2.45, 2.75) is 26.1 Å². The van der Waals surface area contributed by atoms with Crippen molar-refractivity contribution in [3.8, 4) is 0 Å². The number of imidazole rings is 1. The van der Waals surface area contributed by atoms with Crippen molar-refractivity contribution < 1.29 is 4.74 Å². The van der Waals surface area contributed by atoms with E-state index in [9.17, 15) is 0 Å². The van der Waals surface area contributed by atoms with Gasteiger partial charge in [-0.1, -0.05) is 36.4 Å². The molecule has 1 N–H and O–H groups in total. The molecule has 0 bridgehead atoms. The maximum Gasteiger partial charge on any atom is 0.136 e. The number of aromatic nitrogens is 2. The molecule has 0 aliphatic carbocycles. The van der Waals surface area contributed by atoms with Crippen molar-refractivity contribution in [3.05, 3.63) is 65.5 Å². The molecule has 0 radical (unpaired) electrons. The molecule has 4 nitrogen and oxygen atoms in total. The molecule has 3 aromatic rings. The molecule has 2 aromatic carbocycles. The van der Waals surface area contributed by atoms with Crippen LogP contribution in [0, 0.1) is 6.92 Å². The van der Waals surface area contributed by atoms with E-state index in [1.807, 2.05) is 6.07 Å². The van der Waals surface area contributed by atoms with Crippen LogP contribution in [0.5, 0.6) is 0 Å². The molecule has 2 heterocycles. The maximum atomic E-state index is 5.75. The summed E-state index contributed by atoms with van der Waals surface area (Å²) in [4.78, 5) is 4.74. The minimum absolute atomic E-state index is 0.287. The number of benzene rings is 2. The molecule has 4 heteroatoms. The van der Waals surface area contributed by atoms with Crippen LogP contribution in [0.3, 0.4) is 0 Å². The summed E-state index contributed by atoms with van der Waals surface area (Å²) in [5, 5.41) is 3.55. The molecule has 1 aliphatic rings. The molecule has 0 amide bonds. The van der Waals surface area contributed by atoms with E-state index < -0.39 is 0 Å². The highest BCUT2D eigenvalue weighted by Gasteiger charge is 2.23. The largest absolute Gasteiger partial charge is 0.371 e. The van der Waals surface area contributed by atoms with Gasteiger partial charge >= 0.3 is 0 Å². The van der Waals surface area contributed by atoms with Gasteiger partial charge in [0.25, 0.3) is 0 Å². The highest BCUT2D eigenvalue weighted by molar-refractivity contribution is 5.77. The van der Waals surface area contributed by atoms with Gasteiger partial charge in [-0.15, -0.1) is 0 Å². The molecule has 4 rings (SSSR count). The number of hydrogen-bond acceptors (Lipinski definition) is 3. The normalized spacial score (nSPS) is 17.3. The Morgan fingerprint density at radius 1 is 1.22 bits per heavy atom. The highest BCUT2D eigenvalue weighted by atomic mass is 16.5. The van der Waals surface area contributed by atoms with Crippen molar-refractivity contribution in [1.29, 1.82) is 0 Å². The molecular formula is C19H21N3O. The van der Waals surface area contributed by atoms with Crippen molar-refractivity contribution in [1.82, 2.24) is 14.9 Å². The Morgan fingerprint density at radius 2 is 2.09 bits per heavy atom. The first-order chi connectivity index (χ1) is 11.3. The molecule has 118 valence electrons. The van der Waals surface area contributed by atoms with Crippen LogP contribution in [0.25, 0.3) is 11.0 Å². The monoisotopic (exact) mass is 307 g/mol. The third-order valence-corrected chi connectivity index (χ3v) is 4.38. The molecule has 0 saturated carbocycles. The summed E-state index contributed by atoms with van der Waals surface area (Å²) in [7, 11) is 0. The lowest BCUT2D eigenvalue weighted by atomic mass is 10.2. The quantitative estimate of drug-likeness (QED) is 0.804. The zero-order chi connectivity index (χ0) is 15.6. The maximum absolute atomic E-state index is 5.75. The van der Waals surface area contributed by atoms with Gasteiger partial charge in [-0.3, -0.25) is 0 Å². The Bertz CT molecular complexity index is 810. The Kier molecular flexibility index (Phi) is 3.85. The number of ether oxygens (including phenoxy) is 1. The average Bonchev–Trinajstić information content (AvgIpc) is 2.94. The van der Waals surface area contributed by atoms with Gasteiger partial charge in [-0.05, 0) is 30.2 Å². The van der Waals surface area contributed by atoms with E-state index in [0.29, 0.717) is 6.61 Å². The molecule has 1 atom stereocenters. The topological polar surface area (TPSA) is 39.1 Å². The van der Waals surface area contributed by atoms with Gasteiger partial charge in [0.1, 0.15) is 12.4 Å². The first kappa shape index (κ1) is 14.4. The van der Waals surface area contributed by atoms with Crippen LogP contribution in [0.1, 0.15) is 23.0 Å². The minimum Gasteiger partial charge on any atom is -0.371 e. The average molecular weight is 307 g/mol. The van der Waals surface area contributed by atoms with Gasteiger partial charge in [0.2, 0.25) is 0 Å². The van der Waals surface area contributed by atoms with Gasteiger partial charge in [-0.25, -0.2) is 4.98 Å². The van der Waals surface area contributed by atoms with Crippen molar-refractivity contribution in [2.75, 3.05) is 13.2 Å². The number of fused-ring (bicyclic) bond motifs is 3. The molecule has 0 unspecified atom stereocenters. The standard InChI is InChI=1S/C19H21N3O/c1-14-7-8-18-17(9-14)21-19-13-23-12-16(22(18)19)11-20-10-15-5-3-2-4-6-15/h2-9,16,20H,10-13H2,1H3/t16-/m0/s1. The Balaban J connectivity index is 1.54. The Labute approximate surface area is 136 Å². The van der Waals surface area contributed by atoms with E-state index in [2.05, 4.69) is 59.3 Å². The second kappa shape index (κ2) is 6.14. The number of nitrogens with one attached hydrogen (secondary N) is 1. The van der Waals surface area contributed by atoms with Crippen LogP contribution in [-0.4, -0.2) is 22.7 Å². The Hall–Kier alpha value is -2.17. The molecule has 0 saturated heterocycles. The smallest absolute Gasteiger partial charge is 0.136 e. The lowest BCUT2D eigenvalue weighted by Gasteiger charge is -2.26. The van der Waals surface area contributed by atoms with E-state index in [0.717, 1.165) is 31.0 Å². The summed E-state index contributed by atoms with van der Waals surface area (Å²) in [6, 6.07) is 17.2. The van der Waals surface area contributed by atoms with Crippen LogP contribution in [0.2, 0.25) is 0 Å². The lowest BCUT2D eigenvalue weighted by molar-refractivity contribution is 0.0564. The lowest BCUT2D eigenvalue weighted by Crippen LogP contribution is -2.32. The van der Waals surface area contributed by atoms with Crippen LogP contribution in [0.4, 0.5) is 0 Å². The van der Waals surface area contributed by atoms with Gasteiger partial charge in [0.05, 0.1) is 23.7 Å². The second-order valence-electron chi connectivity index (χ2n) is 6.18. The number of nitrogens with zero attached hydrogens (tertiary/aromatic N) is 2. The second-order valence-corrected chi connectivity index (χ2v) is 6.18. The van der Waals surface area contributed by atoms with E-state index in [4.69, 9.17) is 9.72 Å². The molecule has 23 heavy (non-hydrogen) atoms.